The standard InChI is InChI=1S/C24H30O11/c1-13(26)24(32,10-14-2-6-16(27)7-3-14)23(31)33-12-15-4-8-17(9-5-15)34-22-21(30)20(29)19(28)18(11-25)35-22/h2-9,13,18-22,25-30,32H,10-12H2,1H3/t13-,18-,19+,20+,21+,22+,24+/m0/s1. The fraction of sp³-hybridized carbons (Fsp3) is 0.458. The molecular weight excluding hydrogens is 464 g/mol. The van der Waals surface area contributed by atoms with Crippen molar-refractivity contribution in [2.24, 2.45) is 0 Å². The Morgan fingerprint density at radius 3 is 2.17 bits per heavy atom. The number of hydrogen-bond acceptors (Lipinski definition) is 11. The van der Waals surface area contributed by atoms with Crippen LogP contribution in [0.15, 0.2) is 48.5 Å². The largest absolute Gasteiger partial charge is 0.508 e. The lowest BCUT2D eigenvalue weighted by atomic mass is 9.89. The third-order valence-corrected chi connectivity index (χ3v) is 5.85. The molecule has 0 unspecified atom stereocenters. The highest BCUT2D eigenvalue weighted by atomic mass is 16.7. The van der Waals surface area contributed by atoms with E-state index in [1.54, 1.807) is 12.1 Å². The average Bonchev–Trinajstić information content (AvgIpc) is 2.84. The Hall–Kier alpha value is -2.77. The predicted molar refractivity (Wildman–Crippen MR) is 119 cm³/mol. The van der Waals surface area contributed by atoms with Gasteiger partial charge in [0.05, 0.1) is 12.7 Å². The number of benzene rings is 2. The first-order valence-electron chi connectivity index (χ1n) is 11.0. The normalized spacial score (nSPS) is 27.0. The molecule has 7 N–H and O–H groups in total. The fourth-order valence-electron chi connectivity index (χ4n) is 3.55. The summed E-state index contributed by atoms with van der Waals surface area (Å²) in [6, 6.07) is 11.9. The maximum atomic E-state index is 12.6. The van der Waals surface area contributed by atoms with Gasteiger partial charge in [0, 0.05) is 6.42 Å². The Balaban J connectivity index is 1.59. The SMILES string of the molecule is C[C@H](O)[C@](O)(Cc1ccc(O)cc1)C(=O)OCc1ccc(O[C@@H]2O[C@@H](CO)[C@@H](O)[C@@H](O)[C@H]2O)cc1. The molecule has 35 heavy (non-hydrogen) atoms. The minimum atomic E-state index is -2.21. The van der Waals surface area contributed by atoms with Crippen LogP contribution in [0.5, 0.6) is 11.5 Å². The highest BCUT2D eigenvalue weighted by molar-refractivity contribution is 5.80. The Bertz CT molecular complexity index is 960. The van der Waals surface area contributed by atoms with E-state index in [1.165, 1.54) is 43.3 Å². The summed E-state index contributed by atoms with van der Waals surface area (Å²) >= 11 is 0. The van der Waals surface area contributed by atoms with E-state index < -0.39 is 55.0 Å². The second-order valence-corrected chi connectivity index (χ2v) is 8.48. The van der Waals surface area contributed by atoms with Gasteiger partial charge in [0.25, 0.3) is 0 Å². The van der Waals surface area contributed by atoms with E-state index in [4.69, 9.17) is 14.2 Å². The van der Waals surface area contributed by atoms with Crippen LogP contribution in [0.4, 0.5) is 0 Å². The number of carbonyl (C=O) groups excluding carboxylic acids is 1. The van der Waals surface area contributed by atoms with Gasteiger partial charge >= 0.3 is 5.97 Å². The summed E-state index contributed by atoms with van der Waals surface area (Å²) in [6.45, 7) is 0.470. The number of rotatable bonds is 9. The molecule has 1 aliphatic rings. The molecule has 0 saturated carbocycles. The summed E-state index contributed by atoms with van der Waals surface area (Å²) in [5.74, 6) is -0.768. The molecule has 0 aliphatic carbocycles. The predicted octanol–water partition coefficient (Wildman–Crippen LogP) is -1.03. The van der Waals surface area contributed by atoms with Gasteiger partial charge in [-0.05, 0) is 42.3 Å². The molecule has 0 radical (unpaired) electrons. The molecular formula is C24H30O11. The minimum Gasteiger partial charge on any atom is -0.508 e. The number of phenolic OH excluding ortho intramolecular Hbond substituents is 1. The Labute approximate surface area is 201 Å². The van der Waals surface area contributed by atoms with E-state index in [0.717, 1.165) is 0 Å². The zero-order chi connectivity index (χ0) is 25.8. The van der Waals surface area contributed by atoms with E-state index in [2.05, 4.69) is 0 Å². The van der Waals surface area contributed by atoms with Crippen molar-refractivity contribution in [3.05, 3.63) is 59.7 Å². The maximum absolute atomic E-state index is 12.6. The van der Waals surface area contributed by atoms with Gasteiger partial charge in [0.15, 0.2) is 5.60 Å². The molecule has 1 fully saturated rings. The van der Waals surface area contributed by atoms with Crippen molar-refractivity contribution in [3.63, 3.8) is 0 Å². The molecule has 1 aliphatic heterocycles. The van der Waals surface area contributed by atoms with Gasteiger partial charge < -0.3 is 50.0 Å². The molecule has 11 heteroatoms. The van der Waals surface area contributed by atoms with E-state index >= 15 is 0 Å². The molecule has 2 aromatic rings. The second kappa shape index (κ2) is 11.3. The fourth-order valence-corrected chi connectivity index (χ4v) is 3.55. The molecule has 1 heterocycles. The minimum absolute atomic E-state index is 0.0240. The smallest absolute Gasteiger partial charge is 0.341 e. The third kappa shape index (κ3) is 6.27. The lowest BCUT2D eigenvalue weighted by Crippen LogP contribution is -2.60. The number of aromatic hydroxyl groups is 1. The summed E-state index contributed by atoms with van der Waals surface area (Å²) in [6.07, 6.45) is -8.73. The molecule has 0 amide bonds. The number of carbonyl (C=O) groups is 1. The molecule has 2 aromatic carbocycles. The number of aliphatic hydroxyl groups is 6. The van der Waals surface area contributed by atoms with Crippen LogP contribution >= 0.6 is 0 Å². The van der Waals surface area contributed by atoms with Crippen LogP contribution in [0.3, 0.4) is 0 Å². The molecule has 3 rings (SSSR count). The molecule has 0 spiro atoms. The van der Waals surface area contributed by atoms with E-state index in [9.17, 15) is 40.5 Å². The van der Waals surface area contributed by atoms with Gasteiger partial charge in [-0.3, -0.25) is 0 Å². The van der Waals surface area contributed by atoms with Gasteiger partial charge in [-0.1, -0.05) is 24.3 Å². The number of phenols is 1. The monoisotopic (exact) mass is 494 g/mol. The van der Waals surface area contributed by atoms with Crippen molar-refractivity contribution in [1.82, 2.24) is 0 Å². The zero-order valence-corrected chi connectivity index (χ0v) is 19.0. The van der Waals surface area contributed by atoms with Crippen LogP contribution in [0, 0.1) is 0 Å². The van der Waals surface area contributed by atoms with Crippen molar-refractivity contribution >= 4 is 5.97 Å². The number of esters is 1. The Morgan fingerprint density at radius 2 is 1.60 bits per heavy atom. The van der Waals surface area contributed by atoms with E-state index in [0.29, 0.717) is 11.1 Å². The molecule has 192 valence electrons. The number of hydrogen-bond donors (Lipinski definition) is 7. The first-order valence-corrected chi connectivity index (χ1v) is 11.0. The molecule has 1 saturated heterocycles. The quantitative estimate of drug-likeness (QED) is 0.211. The Morgan fingerprint density at radius 1 is 1.00 bits per heavy atom. The van der Waals surface area contributed by atoms with Crippen molar-refractivity contribution in [2.45, 2.75) is 62.4 Å². The first-order chi connectivity index (χ1) is 16.5. The van der Waals surface area contributed by atoms with Crippen molar-refractivity contribution in [2.75, 3.05) is 6.61 Å². The first kappa shape index (κ1) is 26.8. The van der Waals surface area contributed by atoms with Crippen LogP contribution in [-0.2, 0) is 27.3 Å². The number of aliphatic hydroxyl groups excluding tert-OH is 5. The van der Waals surface area contributed by atoms with Crippen LogP contribution in [-0.4, -0.2) is 90.7 Å². The molecule has 0 bridgehead atoms. The summed E-state index contributed by atoms with van der Waals surface area (Å²) in [5.41, 5.74) is -1.17. The zero-order valence-electron chi connectivity index (χ0n) is 19.0. The highest BCUT2D eigenvalue weighted by Crippen LogP contribution is 2.25. The van der Waals surface area contributed by atoms with Crippen LogP contribution < -0.4 is 4.74 Å². The maximum Gasteiger partial charge on any atom is 0.341 e. The molecule has 0 aromatic heterocycles. The van der Waals surface area contributed by atoms with Crippen LogP contribution in [0.2, 0.25) is 0 Å². The summed E-state index contributed by atoms with van der Waals surface area (Å²) < 4.78 is 16.0. The highest BCUT2D eigenvalue weighted by Gasteiger charge is 2.45. The van der Waals surface area contributed by atoms with Gasteiger partial charge in [-0.15, -0.1) is 0 Å². The lowest BCUT2D eigenvalue weighted by Gasteiger charge is -2.39. The van der Waals surface area contributed by atoms with Gasteiger partial charge in [-0.2, -0.15) is 0 Å². The summed E-state index contributed by atoms with van der Waals surface area (Å²) in [7, 11) is 0. The molecule has 11 nitrogen and oxygen atoms in total. The van der Waals surface area contributed by atoms with E-state index in [-0.39, 0.29) is 24.5 Å². The second-order valence-electron chi connectivity index (χ2n) is 8.48. The third-order valence-electron chi connectivity index (χ3n) is 5.85. The number of ether oxygens (including phenoxy) is 3. The Kier molecular flexibility index (Phi) is 8.67. The van der Waals surface area contributed by atoms with Gasteiger partial charge in [0.2, 0.25) is 6.29 Å². The summed E-state index contributed by atoms with van der Waals surface area (Å²) in [4.78, 5) is 12.6. The summed E-state index contributed by atoms with van der Waals surface area (Å²) in [5, 5.41) is 69.2. The van der Waals surface area contributed by atoms with E-state index in [1.807, 2.05) is 0 Å². The van der Waals surface area contributed by atoms with Crippen LogP contribution in [0.1, 0.15) is 18.1 Å². The average molecular weight is 494 g/mol. The van der Waals surface area contributed by atoms with Crippen LogP contribution in [0.25, 0.3) is 0 Å². The van der Waals surface area contributed by atoms with Crippen molar-refractivity contribution < 1.29 is 54.8 Å². The lowest BCUT2D eigenvalue weighted by molar-refractivity contribution is -0.277. The molecule has 7 atom stereocenters. The van der Waals surface area contributed by atoms with Crippen molar-refractivity contribution in [1.29, 1.82) is 0 Å². The van der Waals surface area contributed by atoms with Gasteiger partial charge in [0.1, 0.15) is 42.5 Å². The van der Waals surface area contributed by atoms with Gasteiger partial charge in [-0.25, -0.2) is 4.79 Å². The van der Waals surface area contributed by atoms with Crippen molar-refractivity contribution in [3.8, 4) is 11.5 Å². The topological polar surface area (TPSA) is 186 Å².